The van der Waals surface area contributed by atoms with Crippen LogP contribution in [0, 0.1) is 17.2 Å². The van der Waals surface area contributed by atoms with Gasteiger partial charge in [-0.2, -0.15) is 0 Å². The number of carbonyl (C=O) groups is 2. The third-order valence-electron chi connectivity index (χ3n) is 8.79. The van der Waals surface area contributed by atoms with Crippen LogP contribution in [0.15, 0.2) is 35.1 Å². The van der Waals surface area contributed by atoms with E-state index in [0.717, 1.165) is 22.4 Å². The number of hydrogen-bond acceptors (Lipinski definition) is 5. The number of anilines is 1. The zero-order valence-corrected chi connectivity index (χ0v) is 25.0. The predicted molar refractivity (Wildman–Crippen MR) is 162 cm³/mol. The Hall–Kier alpha value is -3.43. The lowest BCUT2D eigenvalue weighted by Crippen LogP contribution is -2.43. The molecule has 3 aliphatic rings. The number of nitrogens with one attached hydrogen (secondary N) is 3. The first-order valence-electron chi connectivity index (χ1n) is 14.7. The van der Waals surface area contributed by atoms with Crippen molar-refractivity contribution in [2.75, 3.05) is 25.1 Å². The Balaban J connectivity index is 1.19. The summed E-state index contributed by atoms with van der Waals surface area (Å²) in [7, 11) is 0. The van der Waals surface area contributed by atoms with Gasteiger partial charge in [-0.25, -0.2) is 9.82 Å². The van der Waals surface area contributed by atoms with E-state index in [1.54, 1.807) is 18.2 Å². The number of carbonyl (C=O) groups excluding carboxylic acids is 2. The molecule has 4 heterocycles. The lowest BCUT2D eigenvalue weighted by atomic mass is 9.88. The summed E-state index contributed by atoms with van der Waals surface area (Å²) in [4.78, 5) is 46.9. The minimum absolute atomic E-state index is 0.00197. The molecule has 10 heteroatoms. The smallest absolute Gasteiger partial charge is 0.251 e. The molecule has 3 aliphatic heterocycles. The van der Waals surface area contributed by atoms with E-state index in [1.807, 2.05) is 15.9 Å². The lowest BCUT2D eigenvalue weighted by Gasteiger charge is -2.34. The molecule has 222 valence electrons. The summed E-state index contributed by atoms with van der Waals surface area (Å²) in [5, 5.41) is 1.01. The predicted octanol–water partition coefficient (Wildman–Crippen LogP) is 5.09. The molecule has 42 heavy (non-hydrogen) atoms. The number of aromatic amines is 1. The molecule has 0 radical (unpaired) electrons. The summed E-state index contributed by atoms with van der Waals surface area (Å²) in [6, 6.07) is 8.25. The van der Waals surface area contributed by atoms with Crippen molar-refractivity contribution >= 4 is 40.0 Å². The summed E-state index contributed by atoms with van der Waals surface area (Å²) in [6.45, 7) is 9.01. The number of pyridine rings is 1. The number of hydrogen-bond donors (Lipinski definition) is 3. The molecule has 3 N–H and O–H groups in total. The Bertz CT molecular complexity index is 1620. The number of aromatic nitrogens is 1. The molecule has 6 rings (SSSR count). The molecule has 0 unspecified atom stereocenters. The van der Waals surface area contributed by atoms with Crippen LogP contribution in [0.5, 0.6) is 0 Å². The van der Waals surface area contributed by atoms with Crippen molar-refractivity contribution in [3.63, 3.8) is 0 Å². The van der Waals surface area contributed by atoms with Crippen LogP contribution in [0.2, 0.25) is 5.02 Å². The van der Waals surface area contributed by atoms with Crippen LogP contribution in [0.1, 0.15) is 68.2 Å². The van der Waals surface area contributed by atoms with Crippen molar-refractivity contribution in [1.29, 1.82) is 0 Å². The normalized spacial score (nSPS) is 19.5. The summed E-state index contributed by atoms with van der Waals surface area (Å²) < 4.78 is 14.4. The van der Waals surface area contributed by atoms with E-state index in [9.17, 15) is 18.8 Å². The number of likely N-dealkylation sites (tertiary alicyclic amines) is 1. The number of fused-ring (bicyclic) bond motifs is 4. The van der Waals surface area contributed by atoms with Crippen molar-refractivity contribution in [2.45, 2.75) is 65.5 Å². The fourth-order valence-electron chi connectivity index (χ4n) is 6.77. The summed E-state index contributed by atoms with van der Waals surface area (Å²) in [5.41, 5.74) is 11.1. The maximum absolute atomic E-state index is 14.4. The molecule has 1 fully saturated rings. The van der Waals surface area contributed by atoms with Gasteiger partial charge in [-0.15, -0.1) is 0 Å². The molecule has 2 amide bonds. The van der Waals surface area contributed by atoms with Crippen molar-refractivity contribution in [3.8, 4) is 0 Å². The maximum Gasteiger partial charge on any atom is 0.251 e. The average Bonchev–Trinajstić information content (AvgIpc) is 3.40. The van der Waals surface area contributed by atoms with Crippen LogP contribution in [0.4, 0.5) is 10.1 Å². The fourth-order valence-corrected chi connectivity index (χ4v) is 7.06. The van der Waals surface area contributed by atoms with E-state index in [2.05, 4.69) is 36.6 Å². The number of benzene rings is 2. The van der Waals surface area contributed by atoms with Gasteiger partial charge in [0.05, 0.1) is 22.1 Å². The van der Waals surface area contributed by atoms with Gasteiger partial charge < -0.3 is 20.2 Å². The molecule has 1 aromatic heterocycles. The van der Waals surface area contributed by atoms with Gasteiger partial charge in [0.1, 0.15) is 5.82 Å². The van der Waals surface area contributed by atoms with Crippen LogP contribution < -0.4 is 16.4 Å². The molecule has 0 saturated carbocycles. The number of nitrogens with zero attached hydrogens (tertiary/aromatic N) is 2. The SMILES string of the molecule is CC(C)(C)CN1Cc2c(cc(Cl)c3c2CNN3)C[C@@H](CC(=O)N2CCC(c3cc4c(F)cccc4[nH]c3=O)CC2)C1=O. The van der Waals surface area contributed by atoms with Gasteiger partial charge in [-0.05, 0) is 71.6 Å². The molecule has 0 bridgehead atoms. The number of H-pyrrole nitrogens is 1. The minimum atomic E-state index is -0.485. The maximum atomic E-state index is 14.4. The number of amides is 2. The van der Waals surface area contributed by atoms with Crippen molar-refractivity contribution in [3.05, 3.63) is 73.8 Å². The Kier molecular flexibility index (Phi) is 7.51. The Morgan fingerprint density at radius 1 is 1.12 bits per heavy atom. The lowest BCUT2D eigenvalue weighted by molar-refractivity contribution is -0.142. The topological polar surface area (TPSA) is 97.5 Å². The van der Waals surface area contributed by atoms with Crippen molar-refractivity contribution < 1.29 is 14.0 Å². The van der Waals surface area contributed by atoms with E-state index in [-0.39, 0.29) is 40.9 Å². The number of piperidine rings is 1. The highest BCUT2D eigenvalue weighted by molar-refractivity contribution is 6.33. The Labute approximate surface area is 249 Å². The molecule has 0 spiro atoms. The van der Waals surface area contributed by atoms with Gasteiger partial charge in [-0.3, -0.25) is 14.4 Å². The van der Waals surface area contributed by atoms with Crippen LogP contribution in [-0.4, -0.2) is 46.2 Å². The summed E-state index contributed by atoms with van der Waals surface area (Å²) in [6.07, 6.45) is 1.79. The van der Waals surface area contributed by atoms with E-state index in [0.29, 0.717) is 73.5 Å². The zero-order valence-electron chi connectivity index (χ0n) is 24.3. The van der Waals surface area contributed by atoms with Gasteiger partial charge in [0.25, 0.3) is 5.56 Å². The Morgan fingerprint density at radius 2 is 1.88 bits per heavy atom. The quantitative estimate of drug-likeness (QED) is 0.391. The second-order valence-corrected chi connectivity index (χ2v) is 13.5. The van der Waals surface area contributed by atoms with Crippen LogP contribution >= 0.6 is 11.6 Å². The largest absolute Gasteiger partial charge is 0.343 e. The number of hydrazine groups is 1. The first-order valence-corrected chi connectivity index (χ1v) is 15.1. The average molecular weight is 594 g/mol. The monoisotopic (exact) mass is 593 g/mol. The van der Waals surface area contributed by atoms with Gasteiger partial charge >= 0.3 is 0 Å². The van der Waals surface area contributed by atoms with E-state index >= 15 is 0 Å². The molecule has 2 aromatic carbocycles. The number of rotatable bonds is 4. The highest BCUT2D eigenvalue weighted by atomic mass is 35.5. The second-order valence-electron chi connectivity index (χ2n) is 13.1. The van der Waals surface area contributed by atoms with Gasteiger partial charge in [0, 0.05) is 50.1 Å². The van der Waals surface area contributed by atoms with Crippen LogP contribution in [-0.2, 0) is 29.1 Å². The van der Waals surface area contributed by atoms with Crippen LogP contribution in [0.3, 0.4) is 0 Å². The molecule has 8 nitrogen and oxygen atoms in total. The first kappa shape index (κ1) is 28.7. The highest BCUT2D eigenvalue weighted by Crippen LogP contribution is 2.39. The highest BCUT2D eigenvalue weighted by Gasteiger charge is 2.37. The van der Waals surface area contributed by atoms with Crippen molar-refractivity contribution in [1.82, 2.24) is 20.2 Å². The summed E-state index contributed by atoms with van der Waals surface area (Å²) >= 11 is 6.61. The van der Waals surface area contributed by atoms with Gasteiger partial charge in [0.2, 0.25) is 11.8 Å². The van der Waals surface area contributed by atoms with Crippen LogP contribution in [0.25, 0.3) is 10.9 Å². The first-order chi connectivity index (χ1) is 20.0. The third-order valence-corrected chi connectivity index (χ3v) is 9.08. The molecule has 0 aliphatic carbocycles. The minimum Gasteiger partial charge on any atom is -0.343 e. The van der Waals surface area contributed by atoms with Gasteiger partial charge in [0.15, 0.2) is 0 Å². The van der Waals surface area contributed by atoms with Crippen molar-refractivity contribution in [2.24, 2.45) is 11.3 Å². The van der Waals surface area contributed by atoms with E-state index in [4.69, 9.17) is 11.6 Å². The molecule has 1 atom stereocenters. The number of halogens is 2. The fraction of sp³-hybridized carbons (Fsp3) is 0.469. The molecule has 3 aromatic rings. The van der Waals surface area contributed by atoms with E-state index < -0.39 is 5.92 Å². The third kappa shape index (κ3) is 5.52. The summed E-state index contributed by atoms with van der Waals surface area (Å²) in [5.74, 6) is -0.979. The van der Waals surface area contributed by atoms with E-state index in [1.165, 1.54) is 6.07 Å². The zero-order chi connectivity index (χ0) is 29.8. The second kappa shape index (κ2) is 11.0. The molecule has 1 saturated heterocycles. The Morgan fingerprint density at radius 3 is 2.62 bits per heavy atom. The molecular formula is C32H37ClFN5O3. The standard InChI is InChI=1S/C32H37ClFN5O3/c1-32(2,3)17-39-16-24-19(12-25(33)29-23(24)15-35-37-29)11-20(31(39)42)13-28(40)38-9-7-18(8-10-38)21-14-22-26(34)5-4-6-27(22)36-30(21)41/h4-6,12,14,18,20,35,37H,7-11,13,15-17H2,1-3H3,(H,36,41)/t20-/m0/s1. The van der Waals surface area contributed by atoms with Gasteiger partial charge in [-0.1, -0.05) is 38.4 Å². The molecular weight excluding hydrogens is 557 g/mol.